The van der Waals surface area contributed by atoms with Gasteiger partial charge >= 0.3 is 0 Å². The van der Waals surface area contributed by atoms with E-state index >= 15 is 0 Å². The number of nitrogens with one attached hydrogen (secondary N) is 1. The number of amides is 1. The molecule has 116 valence electrons. The van der Waals surface area contributed by atoms with E-state index in [-0.39, 0.29) is 12.0 Å². The summed E-state index contributed by atoms with van der Waals surface area (Å²) in [4.78, 5) is 11.8. The van der Waals surface area contributed by atoms with Crippen LogP contribution in [0.3, 0.4) is 0 Å². The van der Waals surface area contributed by atoms with Crippen LogP contribution in [0.15, 0.2) is 54.6 Å². The highest BCUT2D eigenvalue weighted by molar-refractivity contribution is 5.92. The Hall–Kier alpha value is -2.33. The van der Waals surface area contributed by atoms with E-state index in [4.69, 9.17) is 9.47 Å². The molecule has 0 heterocycles. The van der Waals surface area contributed by atoms with Crippen molar-refractivity contribution in [3.8, 4) is 5.75 Å². The molecule has 0 bridgehead atoms. The number of carbonyl (C=O) groups is 1. The van der Waals surface area contributed by atoms with Crippen molar-refractivity contribution in [1.29, 1.82) is 0 Å². The number of methoxy groups -OCH3 is 1. The maximum atomic E-state index is 11.8. The van der Waals surface area contributed by atoms with Gasteiger partial charge in [0.05, 0.1) is 18.7 Å². The number of para-hydroxylation sites is 2. The minimum Gasteiger partial charge on any atom is -0.484 e. The number of ether oxygens (including phenoxy) is 2. The Bertz CT molecular complexity index is 598. The van der Waals surface area contributed by atoms with Gasteiger partial charge < -0.3 is 14.8 Å². The number of rotatable bonds is 7. The second-order valence-corrected chi connectivity index (χ2v) is 4.96. The van der Waals surface area contributed by atoms with Gasteiger partial charge in [-0.05, 0) is 24.6 Å². The second kappa shape index (κ2) is 8.20. The zero-order chi connectivity index (χ0) is 15.8. The summed E-state index contributed by atoms with van der Waals surface area (Å²) in [6.07, 6.45) is 0.220. The van der Waals surface area contributed by atoms with Crippen LogP contribution in [-0.2, 0) is 9.53 Å². The molecule has 0 radical (unpaired) electrons. The fraction of sp³-hybridized carbons (Fsp3) is 0.278. The fourth-order valence-electron chi connectivity index (χ4n) is 2.06. The smallest absolute Gasteiger partial charge is 0.226 e. The van der Waals surface area contributed by atoms with Crippen molar-refractivity contribution in [2.75, 3.05) is 19.0 Å². The molecule has 0 aromatic heterocycles. The summed E-state index contributed by atoms with van der Waals surface area (Å²) in [5.41, 5.74) is 1.76. The molecule has 0 spiro atoms. The average Bonchev–Trinajstić information content (AvgIpc) is 2.55. The second-order valence-electron chi connectivity index (χ2n) is 4.96. The number of anilines is 1. The molecule has 0 saturated carbocycles. The summed E-state index contributed by atoms with van der Waals surface area (Å²) in [7, 11) is 1.58. The third-order valence-corrected chi connectivity index (χ3v) is 3.27. The van der Waals surface area contributed by atoms with Crippen molar-refractivity contribution in [2.24, 2.45) is 0 Å². The van der Waals surface area contributed by atoms with Gasteiger partial charge in [0.1, 0.15) is 11.9 Å². The molecule has 0 aliphatic heterocycles. The minimum atomic E-state index is -0.0989. The van der Waals surface area contributed by atoms with Crippen molar-refractivity contribution in [1.82, 2.24) is 0 Å². The molecule has 1 atom stereocenters. The zero-order valence-corrected chi connectivity index (χ0v) is 12.9. The normalized spacial score (nSPS) is 11.7. The first-order valence-electron chi connectivity index (χ1n) is 7.30. The van der Waals surface area contributed by atoms with E-state index in [0.717, 1.165) is 5.56 Å². The molecule has 0 saturated heterocycles. The first kappa shape index (κ1) is 16.0. The lowest BCUT2D eigenvalue weighted by molar-refractivity contribution is -0.117. The molecule has 1 amide bonds. The lowest BCUT2D eigenvalue weighted by Crippen LogP contribution is -2.15. The Balaban J connectivity index is 2.06. The van der Waals surface area contributed by atoms with Crippen molar-refractivity contribution in [3.05, 3.63) is 60.2 Å². The highest BCUT2D eigenvalue weighted by Gasteiger charge is 2.11. The molecular formula is C18H21NO3. The fourth-order valence-corrected chi connectivity index (χ4v) is 2.06. The van der Waals surface area contributed by atoms with E-state index < -0.39 is 0 Å². The predicted octanol–water partition coefficient (Wildman–Crippen LogP) is 3.80. The Labute approximate surface area is 131 Å². The van der Waals surface area contributed by atoms with Crippen LogP contribution in [0.4, 0.5) is 5.69 Å². The highest BCUT2D eigenvalue weighted by atomic mass is 16.5. The van der Waals surface area contributed by atoms with Crippen molar-refractivity contribution < 1.29 is 14.3 Å². The average molecular weight is 299 g/mol. The Morgan fingerprint density at radius 3 is 2.50 bits per heavy atom. The van der Waals surface area contributed by atoms with Crippen molar-refractivity contribution in [3.63, 3.8) is 0 Å². The van der Waals surface area contributed by atoms with E-state index in [1.807, 2.05) is 61.5 Å². The van der Waals surface area contributed by atoms with Crippen LogP contribution < -0.4 is 10.1 Å². The van der Waals surface area contributed by atoms with E-state index in [2.05, 4.69) is 5.32 Å². The van der Waals surface area contributed by atoms with Gasteiger partial charge in [0.2, 0.25) is 5.91 Å². The summed E-state index contributed by atoms with van der Waals surface area (Å²) < 4.78 is 10.9. The van der Waals surface area contributed by atoms with E-state index in [0.29, 0.717) is 24.5 Å². The molecule has 22 heavy (non-hydrogen) atoms. The number of hydrogen-bond donors (Lipinski definition) is 1. The lowest BCUT2D eigenvalue weighted by atomic mass is 10.1. The van der Waals surface area contributed by atoms with Gasteiger partial charge in [0.15, 0.2) is 0 Å². The molecule has 0 unspecified atom stereocenters. The Morgan fingerprint density at radius 2 is 1.77 bits per heavy atom. The third-order valence-electron chi connectivity index (χ3n) is 3.27. The lowest BCUT2D eigenvalue weighted by Gasteiger charge is -2.18. The number of hydrogen-bond acceptors (Lipinski definition) is 3. The van der Waals surface area contributed by atoms with Gasteiger partial charge in [0, 0.05) is 7.11 Å². The number of benzene rings is 2. The molecule has 2 rings (SSSR count). The van der Waals surface area contributed by atoms with E-state index in [9.17, 15) is 4.79 Å². The Kier molecular flexibility index (Phi) is 5.98. The van der Waals surface area contributed by atoms with Crippen molar-refractivity contribution >= 4 is 11.6 Å². The van der Waals surface area contributed by atoms with Crippen LogP contribution in [-0.4, -0.2) is 19.6 Å². The first-order chi connectivity index (χ1) is 10.7. The van der Waals surface area contributed by atoms with Crippen LogP contribution in [0.25, 0.3) is 0 Å². The summed E-state index contributed by atoms with van der Waals surface area (Å²) >= 11 is 0. The predicted molar refractivity (Wildman–Crippen MR) is 87.0 cm³/mol. The van der Waals surface area contributed by atoms with Gasteiger partial charge in [-0.15, -0.1) is 0 Å². The molecule has 0 fully saturated rings. The van der Waals surface area contributed by atoms with Crippen molar-refractivity contribution in [2.45, 2.75) is 19.4 Å². The van der Waals surface area contributed by atoms with Crippen LogP contribution in [0.1, 0.15) is 25.0 Å². The van der Waals surface area contributed by atoms with Gasteiger partial charge in [0.25, 0.3) is 0 Å². The maximum Gasteiger partial charge on any atom is 0.226 e. The van der Waals surface area contributed by atoms with Crippen LogP contribution >= 0.6 is 0 Å². The monoisotopic (exact) mass is 299 g/mol. The summed E-state index contributed by atoms with van der Waals surface area (Å²) in [6.45, 7) is 2.38. The summed E-state index contributed by atoms with van der Waals surface area (Å²) in [5.74, 6) is 0.565. The van der Waals surface area contributed by atoms with Gasteiger partial charge in [-0.2, -0.15) is 0 Å². The standard InChI is InChI=1S/C18H21NO3/c1-14(15-8-4-3-5-9-15)22-17-11-7-6-10-16(17)19-18(20)12-13-21-2/h3-11,14H,12-13H2,1-2H3,(H,19,20)/t14-/m1/s1. The quantitative estimate of drug-likeness (QED) is 0.846. The molecule has 0 aliphatic rings. The zero-order valence-electron chi connectivity index (χ0n) is 12.9. The minimum absolute atomic E-state index is 0.0923. The molecule has 4 nitrogen and oxygen atoms in total. The summed E-state index contributed by atoms with van der Waals surface area (Å²) in [6, 6.07) is 17.4. The maximum absolute atomic E-state index is 11.8. The highest BCUT2D eigenvalue weighted by Crippen LogP contribution is 2.29. The third kappa shape index (κ3) is 4.60. The van der Waals surface area contributed by atoms with E-state index in [1.54, 1.807) is 7.11 Å². The van der Waals surface area contributed by atoms with Crippen LogP contribution in [0, 0.1) is 0 Å². The van der Waals surface area contributed by atoms with Gasteiger partial charge in [-0.3, -0.25) is 4.79 Å². The topological polar surface area (TPSA) is 47.6 Å². The van der Waals surface area contributed by atoms with E-state index in [1.165, 1.54) is 0 Å². The SMILES string of the molecule is COCCC(=O)Nc1ccccc1O[C@H](C)c1ccccc1. The largest absolute Gasteiger partial charge is 0.484 e. The molecule has 4 heteroatoms. The first-order valence-corrected chi connectivity index (χ1v) is 7.30. The van der Waals surface area contributed by atoms with Crippen LogP contribution in [0.2, 0.25) is 0 Å². The summed E-state index contributed by atoms with van der Waals surface area (Å²) in [5, 5.41) is 2.86. The van der Waals surface area contributed by atoms with Gasteiger partial charge in [-0.1, -0.05) is 42.5 Å². The molecule has 0 aliphatic carbocycles. The molecule has 2 aromatic carbocycles. The van der Waals surface area contributed by atoms with Crippen LogP contribution in [0.5, 0.6) is 5.75 Å². The van der Waals surface area contributed by atoms with Gasteiger partial charge in [-0.25, -0.2) is 0 Å². The molecule has 2 aromatic rings. The molecular weight excluding hydrogens is 278 g/mol. The Morgan fingerprint density at radius 1 is 1.09 bits per heavy atom. The number of carbonyl (C=O) groups excluding carboxylic acids is 1. The molecule has 1 N–H and O–H groups in total.